The van der Waals surface area contributed by atoms with Crippen LogP contribution in [-0.4, -0.2) is 13.4 Å². The number of thiazole rings is 1. The van der Waals surface area contributed by atoms with Crippen molar-refractivity contribution >= 4 is 38.1 Å². The van der Waals surface area contributed by atoms with E-state index in [1.165, 1.54) is 35.6 Å². The molecule has 4 nitrogen and oxygen atoms in total. The van der Waals surface area contributed by atoms with E-state index >= 15 is 0 Å². The molecule has 0 bridgehead atoms. The Morgan fingerprint density at radius 2 is 1.68 bits per heavy atom. The third-order valence-corrected chi connectivity index (χ3v) is 5.41. The maximum absolute atomic E-state index is 12.3. The Morgan fingerprint density at radius 1 is 1.00 bits per heavy atom. The molecule has 0 spiro atoms. The number of rotatable bonds is 4. The molecule has 0 fully saturated rings. The van der Waals surface area contributed by atoms with Crippen LogP contribution in [0.5, 0.6) is 0 Å². The van der Waals surface area contributed by atoms with E-state index in [1.54, 1.807) is 0 Å². The molecule has 0 saturated carbocycles. The van der Waals surface area contributed by atoms with Gasteiger partial charge in [0.25, 0.3) is 10.0 Å². The second-order valence-electron chi connectivity index (χ2n) is 4.46. The van der Waals surface area contributed by atoms with E-state index in [-0.39, 0.29) is 4.90 Å². The summed E-state index contributed by atoms with van der Waals surface area (Å²) in [7, 11) is -3.66. The number of hydrogen-bond acceptors (Lipinski definition) is 4. The fourth-order valence-electron chi connectivity index (χ4n) is 1.85. The Bertz CT molecular complexity index is 875. The molecule has 112 valence electrons. The average molecular weight is 351 g/mol. The molecule has 0 aliphatic rings. The van der Waals surface area contributed by atoms with Crippen LogP contribution in [-0.2, 0) is 10.0 Å². The van der Waals surface area contributed by atoms with E-state index in [1.807, 2.05) is 35.7 Å². The average Bonchev–Trinajstić information content (AvgIpc) is 2.96. The third-order valence-electron chi connectivity index (χ3n) is 2.92. The molecular weight excluding hydrogens is 340 g/mol. The first-order valence-corrected chi connectivity index (χ1v) is 9.08. The number of anilines is 1. The van der Waals surface area contributed by atoms with Crippen molar-refractivity contribution in [1.82, 2.24) is 4.98 Å². The van der Waals surface area contributed by atoms with Gasteiger partial charge in [0.1, 0.15) is 0 Å². The van der Waals surface area contributed by atoms with Crippen LogP contribution in [0.4, 0.5) is 5.13 Å². The summed E-state index contributed by atoms with van der Waals surface area (Å²) >= 11 is 7.01. The molecule has 0 radical (unpaired) electrons. The van der Waals surface area contributed by atoms with Gasteiger partial charge >= 0.3 is 0 Å². The number of benzene rings is 2. The lowest BCUT2D eigenvalue weighted by molar-refractivity contribution is 0.601. The van der Waals surface area contributed by atoms with Gasteiger partial charge in [-0.3, -0.25) is 4.72 Å². The Labute approximate surface area is 137 Å². The van der Waals surface area contributed by atoms with Gasteiger partial charge in [0, 0.05) is 16.0 Å². The maximum Gasteiger partial charge on any atom is 0.263 e. The van der Waals surface area contributed by atoms with Crippen LogP contribution in [0.3, 0.4) is 0 Å². The molecule has 1 heterocycles. The van der Waals surface area contributed by atoms with Gasteiger partial charge in [0.05, 0.1) is 10.6 Å². The van der Waals surface area contributed by atoms with Crippen molar-refractivity contribution in [2.24, 2.45) is 0 Å². The van der Waals surface area contributed by atoms with Crippen molar-refractivity contribution in [3.8, 4) is 11.3 Å². The number of aromatic nitrogens is 1. The van der Waals surface area contributed by atoms with Crippen LogP contribution in [0.1, 0.15) is 0 Å². The Kier molecular flexibility index (Phi) is 4.15. The van der Waals surface area contributed by atoms with Crippen molar-refractivity contribution in [2.75, 3.05) is 4.72 Å². The number of nitrogens with one attached hydrogen (secondary N) is 1. The van der Waals surface area contributed by atoms with E-state index in [4.69, 9.17) is 11.6 Å². The summed E-state index contributed by atoms with van der Waals surface area (Å²) in [6.45, 7) is 0. The molecule has 3 aromatic rings. The Balaban J connectivity index is 1.84. The van der Waals surface area contributed by atoms with Crippen molar-refractivity contribution < 1.29 is 8.42 Å². The van der Waals surface area contributed by atoms with E-state index in [0.29, 0.717) is 10.2 Å². The van der Waals surface area contributed by atoms with E-state index in [0.717, 1.165) is 11.3 Å². The maximum atomic E-state index is 12.3. The van der Waals surface area contributed by atoms with Crippen LogP contribution in [0.15, 0.2) is 64.9 Å². The summed E-state index contributed by atoms with van der Waals surface area (Å²) in [4.78, 5) is 4.46. The predicted molar refractivity (Wildman–Crippen MR) is 89.8 cm³/mol. The normalized spacial score (nSPS) is 11.3. The highest BCUT2D eigenvalue weighted by molar-refractivity contribution is 7.93. The minimum Gasteiger partial charge on any atom is -0.255 e. The molecule has 1 aromatic heterocycles. The van der Waals surface area contributed by atoms with Crippen LogP contribution in [0, 0.1) is 0 Å². The van der Waals surface area contributed by atoms with Crippen molar-refractivity contribution in [3.05, 3.63) is 65.0 Å². The Hall–Kier alpha value is -1.89. The van der Waals surface area contributed by atoms with Crippen LogP contribution in [0.25, 0.3) is 11.3 Å². The fraction of sp³-hybridized carbons (Fsp3) is 0. The molecule has 0 saturated heterocycles. The summed E-state index contributed by atoms with van der Waals surface area (Å²) in [5.41, 5.74) is 1.68. The molecule has 0 aliphatic heterocycles. The highest BCUT2D eigenvalue weighted by atomic mass is 35.5. The van der Waals surface area contributed by atoms with E-state index in [2.05, 4.69) is 9.71 Å². The highest BCUT2D eigenvalue weighted by Crippen LogP contribution is 2.26. The Morgan fingerprint density at radius 3 is 2.36 bits per heavy atom. The van der Waals surface area contributed by atoms with Crippen LogP contribution in [0.2, 0.25) is 5.02 Å². The molecule has 0 unspecified atom stereocenters. The third kappa shape index (κ3) is 3.30. The van der Waals surface area contributed by atoms with Gasteiger partial charge in [0.15, 0.2) is 5.13 Å². The molecule has 2 aromatic carbocycles. The zero-order chi connectivity index (χ0) is 15.6. The lowest BCUT2D eigenvalue weighted by Crippen LogP contribution is -2.12. The lowest BCUT2D eigenvalue weighted by atomic mass is 10.2. The first kappa shape index (κ1) is 15.0. The van der Waals surface area contributed by atoms with Crippen molar-refractivity contribution in [2.45, 2.75) is 4.90 Å². The molecular formula is C15H11ClN2O2S2. The number of sulfonamides is 1. The standard InChI is InChI=1S/C15H11ClN2O2S2/c16-12-6-8-13(9-7-12)22(19,20)18-15-17-14(10-21-15)11-4-2-1-3-5-11/h1-10H,(H,17,18). The molecule has 0 amide bonds. The van der Waals surface area contributed by atoms with Gasteiger partial charge in [-0.2, -0.15) is 0 Å². The van der Waals surface area contributed by atoms with Gasteiger partial charge in [-0.15, -0.1) is 11.3 Å². The van der Waals surface area contributed by atoms with Crippen LogP contribution >= 0.6 is 22.9 Å². The summed E-state index contributed by atoms with van der Waals surface area (Å²) in [5.74, 6) is 0. The lowest BCUT2D eigenvalue weighted by Gasteiger charge is -2.04. The van der Waals surface area contributed by atoms with Gasteiger partial charge in [-0.1, -0.05) is 41.9 Å². The molecule has 7 heteroatoms. The van der Waals surface area contributed by atoms with Gasteiger partial charge in [-0.25, -0.2) is 13.4 Å². The SMILES string of the molecule is O=S(=O)(Nc1nc(-c2ccccc2)cs1)c1ccc(Cl)cc1. The summed E-state index contributed by atoms with van der Waals surface area (Å²) in [6.07, 6.45) is 0. The second-order valence-corrected chi connectivity index (χ2v) is 7.44. The summed E-state index contributed by atoms with van der Waals surface area (Å²) in [6, 6.07) is 15.6. The molecule has 1 N–H and O–H groups in total. The molecule has 3 rings (SSSR count). The smallest absolute Gasteiger partial charge is 0.255 e. The van der Waals surface area contributed by atoms with Gasteiger partial charge < -0.3 is 0 Å². The van der Waals surface area contributed by atoms with Gasteiger partial charge in [-0.05, 0) is 24.3 Å². The summed E-state index contributed by atoms with van der Waals surface area (Å²) < 4.78 is 27.0. The van der Waals surface area contributed by atoms with Crippen molar-refractivity contribution in [3.63, 3.8) is 0 Å². The number of hydrogen-bond donors (Lipinski definition) is 1. The first-order valence-electron chi connectivity index (χ1n) is 6.34. The van der Waals surface area contributed by atoms with Gasteiger partial charge in [0.2, 0.25) is 0 Å². The largest absolute Gasteiger partial charge is 0.263 e. The van der Waals surface area contributed by atoms with Crippen LogP contribution < -0.4 is 4.72 Å². The monoisotopic (exact) mass is 350 g/mol. The molecule has 22 heavy (non-hydrogen) atoms. The topological polar surface area (TPSA) is 59.1 Å². The van der Waals surface area contributed by atoms with Crippen molar-refractivity contribution in [1.29, 1.82) is 0 Å². The first-order chi connectivity index (χ1) is 10.5. The highest BCUT2D eigenvalue weighted by Gasteiger charge is 2.16. The number of nitrogens with zero attached hydrogens (tertiary/aromatic N) is 1. The zero-order valence-electron chi connectivity index (χ0n) is 11.2. The summed E-state index contributed by atoms with van der Waals surface area (Å²) in [5, 5.41) is 2.63. The minimum absolute atomic E-state index is 0.147. The second kappa shape index (κ2) is 6.08. The fourth-order valence-corrected chi connectivity index (χ4v) is 3.95. The minimum atomic E-state index is -3.66. The zero-order valence-corrected chi connectivity index (χ0v) is 13.6. The van der Waals surface area contributed by atoms with E-state index < -0.39 is 10.0 Å². The van der Waals surface area contributed by atoms with E-state index in [9.17, 15) is 8.42 Å². The predicted octanol–water partition coefficient (Wildman–Crippen LogP) is 4.26. The molecule has 0 aliphatic carbocycles. The quantitative estimate of drug-likeness (QED) is 0.764. The number of halogens is 1. The molecule has 0 atom stereocenters.